The van der Waals surface area contributed by atoms with Gasteiger partial charge in [-0.1, -0.05) is 6.07 Å². The number of carbonyl (C=O) groups is 3. The lowest BCUT2D eigenvalue weighted by molar-refractivity contribution is -0.161. The lowest BCUT2D eigenvalue weighted by Crippen LogP contribution is -2.51. The summed E-state index contributed by atoms with van der Waals surface area (Å²) in [6.07, 6.45) is 4.45. The molecule has 2 aliphatic heterocycles. The second-order valence-corrected chi connectivity index (χ2v) is 8.77. The molecule has 0 aliphatic carbocycles. The molecule has 0 spiro atoms. The third-order valence-corrected chi connectivity index (χ3v) is 6.42. The number of nitrogens with zero attached hydrogens (tertiary/aromatic N) is 2. The highest BCUT2D eigenvalue weighted by Crippen LogP contribution is 2.36. The van der Waals surface area contributed by atoms with Gasteiger partial charge in [-0.2, -0.15) is 0 Å². The molecule has 6 nitrogen and oxygen atoms in total. The summed E-state index contributed by atoms with van der Waals surface area (Å²) in [6.45, 7) is 3.86. The van der Waals surface area contributed by atoms with Crippen molar-refractivity contribution in [2.24, 2.45) is 5.41 Å². The number of carbonyl (C=O) groups excluding carboxylic acids is 3. The number of esters is 1. The van der Waals surface area contributed by atoms with E-state index in [0.29, 0.717) is 38.8 Å². The van der Waals surface area contributed by atoms with E-state index in [2.05, 4.69) is 0 Å². The molecule has 0 radical (unpaired) electrons. The first-order chi connectivity index (χ1) is 15.3. The Kier molecular flexibility index (Phi) is 8.21. The van der Waals surface area contributed by atoms with Crippen molar-refractivity contribution in [3.8, 4) is 0 Å². The lowest BCUT2D eigenvalue weighted by Gasteiger charge is -2.41. The van der Waals surface area contributed by atoms with Gasteiger partial charge < -0.3 is 14.5 Å². The van der Waals surface area contributed by atoms with Gasteiger partial charge in [0.2, 0.25) is 11.8 Å². The molecule has 1 aromatic rings. The summed E-state index contributed by atoms with van der Waals surface area (Å²) in [6, 6.07) is 3.33. The summed E-state index contributed by atoms with van der Waals surface area (Å²) < 4.78 is 33.0. The first-order valence-corrected chi connectivity index (χ1v) is 11.5. The number of ether oxygens (including phenoxy) is 1. The zero-order chi connectivity index (χ0) is 23.1. The van der Waals surface area contributed by atoms with E-state index < -0.39 is 23.0 Å². The number of halogens is 2. The fraction of sp³-hybridized carbons (Fsp3) is 0.625. The van der Waals surface area contributed by atoms with Gasteiger partial charge in [0.1, 0.15) is 11.6 Å². The minimum atomic E-state index is -1.06. The zero-order valence-corrected chi connectivity index (χ0v) is 18.7. The minimum Gasteiger partial charge on any atom is -0.466 e. The summed E-state index contributed by atoms with van der Waals surface area (Å²) in [4.78, 5) is 41.2. The summed E-state index contributed by atoms with van der Waals surface area (Å²) in [7, 11) is 0. The molecule has 0 N–H and O–H groups in total. The fourth-order valence-electron chi connectivity index (χ4n) is 4.72. The van der Waals surface area contributed by atoms with Crippen LogP contribution in [-0.4, -0.2) is 60.4 Å². The maximum absolute atomic E-state index is 14.4. The maximum atomic E-state index is 14.4. The van der Waals surface area contributed by atoms with E-state index in [1.54, 1.807) is 11.8 Å². The second-order valence-electron chi connectivity index (χ2n) is 8.77. The van der Waals surface area contributed by atoms with Crippen LogP contribution in [0.5, 0.6) is 0 Å². The summed E-state index contributed by atoms with van der Waals surface area (Å²) in [5.74, 6) is -1.78. The van der Waals surface area contributed by atoms with Crippen molar-refractivity contribution >= 4 is 17.8 Å². The molecular formula is C24H32F2N2O4. The summed E-state index contributed by atoms with van der Waals surface area (Å²) >= 11 is 0. The first-order valence-electron chi connectivity index (χ1n) is 11.5. The van der Waals surface area contributed by atoms with Crippen LogP contribution in [0.4, 0.5) is 8.78 Å². The van der Waals surface area contributed by atoms with Gasteiger partial charge in [0.05, 0.1) is 12.0 Å². The average molecular weight is 451 g/mol. The van der Waals surface area contributed by atoms with Crippen LogP contribution in [0.25, 0.3) is 0 Å². The van der Waals surface area contributed by atoms with Crippen molar-refractivity contribution in [1.82, 2.24) is 9.80 Å². The predicted molar refractivity (Wildman–Crippen MR) is 115 cm³/mol. The largest absolute Gasteiger partial charge is 0.466 e. The quantitative estimate of drug-likeness (QED) is 0.569. The second kappa shape index (κ2) is 10.9. The Hall–Kier alpha value is -2.51. The molecule has 3 rings (SSSR count). The van der Waals surface area contributed by atoms with Crippen molar-refractivity contribution in [3.05, 3.63) is 35.4 Å². The molecule has 2 heterocycles. The van der Waals surface area contributed by atoms with Crippen LogP contribution in [0.3, 0.4) is 0 Å². The van der Waals surface area contributed by atoms with Gasteiger partial charge in [0.25, 0.3) is 0 Å². The molecule has 0 bridgehead atoms. The number of rotatable bonds is 8. The molecule has 0 unspecified atom stereocenters. The molecule has 32 heavy (non-hydrogen) atoms. The standard InChI is InChI=1S/C24H32F2N2O4/c1-2-32-23(31)24(16-18-9-10-19(25)15-20(18)26)11-6-14-28(17-24)22(30)8-5-13-27-12-4-3-7-21(27)29/h9-10,15H,2-8,11-14,16-17H2,1H3/t24-/m1/s1. The summed E-state index contributed by atoms with van der Waals surface area (Å²) in [5.41, 5.74) is -0.830. The highest BCUT2D eigenvalue weighted by Gasteiger charge is 2.45. The highest BCUT2D eigenvalue weighted by atomic mass is 19.1. The third kappa shape index (κ3) is 5.84. The molecule has 2 saturated heterocycles. The Bertz CT molecular complexity index is 847. The molecule has 0 aromatic heterocycles. The number of hydrogen-bond acceptors (Lipinski definition) is 4. The molecular weight excluding hydrogens is 418 g/mol. The van der Waals surface area contributed by atoms with Crippen LogP contribution in [-0.2, 0) is 25.5 Å². The Balaban J connectivity index is 1.66. The number of benzene rings is 1. The lowest BCUT2D eigenvalue weighted by atomic mass is 9.74. The third-order valence-electron chi connectivity index (χ3n) is 6.42. The van der Waals surface area contributed by atoms with Crippen LogP contribution in [0.2, 0.25) is 0 Å². The minimum absolute atomic E-state index is 0.0456. The van der Waals surface area contributed by atoms with E-state index in [1.807, 2.05) is 4.90 Å². The van der Waals surface area contributed by atoms with Gasteiger partial charge in [-0.15, -0.1) is 0 Å². The number of piperidine rings is 2. The predicted octanol–water partition coefficient (Wildman–Crippen LogP) is 3.47. The zero-order valence-electron chi connectivity index (χ0n) is 18.7. The molecule has 0 saturated carbocycles. The smallest absolute Gasteiger partial charge is 0.314 e. The topological polar surface area (TPSA) is 66.9 Å². The Morgan fingerprint density at radius 1 is 1.16 bits per heavy atom. The Morgan fingerprint density at radius 2 is 1.97 bits per heavy atom. The van der Waals surface area contributed by atoms with E-state index in [1.165, 1.54) is 12.1 Å². The molecule has 2 fully saturated rings. The Morgan fingerprint density at radius 3 is 2.69 bits per heavy atom. The van der Waals surface area contributed by atoms with Crippen LogP contribution in [0.15, 0.2) is 18.2 Å². The van der Waals surface area contributed by atoms with Gasteiger partial charge in [-0.25, -0.2) is 8.78 Å². The van der Waals surface area contributed by atoms with Gasteiger partial charge in [-0.05, 0) is 57.1 Å². The van der Waals surface area contributed by atoms with Crippen LogP contribution in [0, 0.1) is 17.0 Å². The monoisotopic (exact) mass is 450 g/mol. The van der Waals surface area contributed by atoms with Crippen LogP contribution < -0.4 is 0 Å². The van der Waals surface area contributed by atoms with Gasteiger partial charge in [-0.3, -0.25) is 14.4 Å². The van der Waals surface area contributed by atoms with E-state index in [0.717, 1.165) is 25.5 Å². The first kappa shape index (κ1) is 24.1. The number of hydrogen-bond donors (Lipinski definition) is 0. The Labute approximate surface area is 187 Å². The van der Waals surface area contributed by atoms with Crippen molar-refractivity contribution in [3.63, 3.8) is 0 Å². The van der Waals surface area contributed by atoms with Crippen LogP contribution >= 0.6 is 0 Å². The van der Waals surface area contributed by atoms with Gasteiger partial charge in [0, 0.05) is 45.1 Å². The molecule has 176 valence electrons. The van der Waals surface area contributed by atoms with Crippen molar-refractivity contribution in [2.45, 2.75) is 58.3 Å². The van der Waals surface area contributed by atoms with Crippen molar-refractivity contribution in [2.75, 3.05) is 32.8 Å². The highest BCUT2D eigenvalue weighted by molar-refractivity contribution is 5.81. The fourth-order valence-corrected chi connectivity index (χ4v) is 4.72. The molecule has 2 aliphatic rings. The molecule has 1 aromatic carbocycles. The molecule has 1 atom stereocenters. The van der Waals surface area contributed by atoms with E-state index >= 15 is 0 Å². The number of likely N-dealkylation sites (tertiary alicyclic amines) is 2. The maximum Gasteiger partial charge on any atom is 0.314 e. The number of amides is 2. The van der Waals surface area contributed by atoms with Gasteiger partial charge in [0.15, 0.2) is 0 Å². The van der Waals surface area contributed by atoms with Gasteiger partial charge >= 0.3 is 5.97 Å². The molecule has 2 amide bonds. The van der Waals surface area contributed by atoms with E-state index in [9.17, 15) is 23.2 Å². The SMILES string of the molecule is CCOC(=O)[C@@]1(Cc2ccc(F)cc2F)CCCN(C(=O)CCCN2CCCCC2=O)C1. The summed E-state index contributed by atoms with van der Waals surface area (Å²) in [5, 5.41) is 0. The molecule has 8 heteroatoms. The van der Waals surface area contributed by atoms with Crippen LogP contribution in [0.1, 0.15) is 57.4 Å². The van der Waals surface area contributed by atoms with E-state index in [-0.39, 0.29) is 43.4 Å². The van der Waals surface area contributed by atoms with Crippen molar-refractivity contribution in [1.29, 1.82) is 0 Å². The van der Waals surface area contributed by atoms with E-state index in [4.69, 9.17) is 4.74 Å². The van der Waals surface area contributed by atoms with Crippen molar-refractivity contribution < 1.29 is 27.9 Å². The average Bonchev–Trinajstić information content (AvgIpc) is 2.77. The normalized spacial score (nSPS) is 21.5.